The number of hydrogen-bond donors (Lipinski definition) is 0. The normalized spacial score (nSPS) is 9.78. The number of carbonyl (C=O) groups is 2. The van der Waals surface area contributed by atoms with Crippen LogP contribution in [0.25, 0.3) is 21.8 Å². The molecule has 0 aliphatic carbocycles. The predicted molar refractivity (Wildman–Crippen MR) is 89.9 cm³/mol. The van der Waals surface area contributed by atoms with Crippen LogP contribution < -0.4 is 10.2 Å². The first-order chi connectivity index (χ1) is 12.6. The number of carboxylic acids is 2. The van der Waals surface area contributed by atoms with Crippen LogP contribution >= 0.6 is 0 Å². The third kappa shape index (κ3) is 4.50. The van der Waals surface area contributed by atoms with E-state index in [2.05, 4.69) is 39.2 Å². The number of hydrogen-bond acceptors (Lipinski definition) is 7. The van der Waals surface area contributed by atoms with E-state index in [0.717, 1.165) is 40.3 Å². The van der Waals surface area contributed by atoms with E-state index in [1.807, 2.05) is 12.1 Å². The van der Waals surface area contributed by atoms with E-state index in [9.17, 15) is 19.8 Å². The van der Waals surface area contributed by atoms with E-state index >= 15 is 0 Å². The Hall–Kier alpha value is -3.21. The molecule has 0 saturated heterocycles. The van der Waals surface area contributed by atoms with Gasteiger partial charge in [0.15, 0.2) is 0 Å². The van der Waals surface area contributed by atoms with Gasteiger partial charge in [-0.2, -0.15) is 0 Å². The molecular weight excluding hydrogens is 441 g/mol. The van der Waals surface area contributed by atoms with Gasteiger partial charge in [-0.15, -0.1) is 0 Å². The second-order valence-corrected chi connectivity index (χ2v) is 5.21. The summed E-state index contributed by atoms with van der Waals surface area (Å²) in [4.78, 5) is 32.7. The zero-order chi connectivity index (χ0) is 18.5. The monoisotopic (exact) mass is 451 g/mol. The quantitative estimate of drug-likeness (QED) is 0.323. The van der Waals surface area contributed by atoms with Crippen LogP contribution in [0.4, 0.5) is 0 Å². The molecule has 7 nitrogen and oxygen atoms in total. The van der Waals surface area contributed by atoms with Crippen LogP contribution in [0.2, 0.25) is 0 Å². The van der Waals surface area contributed by atoms with Crippen LogP contribution in [0.15, 0.2) is 67.3 Å². The van der Waals surface area contributed by atoms with Crippen molar-refractivity contribution in [2.45, 2.75) is 0 Å². The van der Waals surface area contributed by atoms with Crippen LogP contribution in [0.5, 0.6) is 0 Å². The fourth-order valence-corrected chi connectivity index (χ4v) is 2.41. The second kappa shape index (κ2) is 8.94. The van der Waals surface area contributed by atoms with Gasteiger partial charge in [0.2, 0.25) is 0 Å². The first-order valence-corrected chi connectivity index (χ1v) is 7.53. The van der Waals surface area contributed by atoms with Gasteiger partial charge in [0.05, 0.1) is 23.0 Å². The molecule has 1 aromatic carbocycles. The molecule has 0 spiro atoms. The smallest absolute Gasteiger partial charge is 0.545 e. The molecule has 0 saturated carbocycles. The van der Waals surface area contributed by atoms with Crippen molar-refractivity contribution in [1.82, 2.24) is 15.0 Å². The number of pyridine rings is 3. The van der Waals surface area contributed by atoms with Crippen LogP contribution in [-0.2, 0) is 20.4 Å². The fraction of sp³-hybridized carbons (Fsp3) is 0. The molecule has 136 valence electrons. The van der Waals surface area contributed by atoms with Gasteiger partial charge in [0.1, 0.15) is 0 Å². The molecular formula is C19H11N3O4Pd. The zero-order valence-electron chi connectivity index (χ0n) is 13.6. The minimum atomic E-state index is -1.58. The third-order valence-corrected chi connectivity index (χ3v) is 3.61. The summed E-state index contributed by atoms with van der Waals surface area (Å²) >= 11 is 0. The average Bonchev–Trinajstić information content (AvgIpc) is 2.68. The maximum absolute atomic E-state index is 10.3. The van der Waals surface area contributed by atoms with Gasteiger partial charge in [-0.3, -0.25) is 15.0 Å². The Morgan fingerprint density at radius 2 is 1.22 bits per heavy atom. The average molecular weight is 452 g/mol. The maximum atomic E-state index is 10.3. The van der Waals surface area contributed by atoms with E-state index in [0.29, 0.717) is 0 Å². The molecule has 0 atom stereocenters. The summed E-state index contributed by atoms with van der Waals surface area (Å²) in [5, 5.41) is 22.9. The van der Waals surface area contributed by atoms with Gasteiger partial charge >= 0.3 is 20.4 Å². The number of aromatic carboxylic acids is 2. The first kappa shape index (κ1) is 20.1. The van der Waals surface area contributed by atoms with Crippen LogP contribution in [0.1, 0.15) is 20.7 Å². The van der Waals surface area contributed by atoms with Crippen molar-refractivity contribution in [1.29, 1.82) is 0 Å². The van der Waals surface area contributed by atoms with Crippen molar-refractivity contribution < 1.29 is 40.2 Å². The van der Waals surface area contributed by atoms with Crippen LogP contribution in [-0.4, -0.2) is 26.9 Å². The largest absolute Gasteiger partial charge is 2.00 e. The minimum Gasteiger partial charge on any atom is -0.545 e. The van der Waals surface area contributed by atoms with Crippen molar-refractivity contribution in [2.24, 2.45) is 0 Å². The van der Waals surface area contributed by atoms with E-state index in [1.165, 1.54) is 0 Å². The van der Waals surface area contributed by atoms with E-state index < -0.39 is 23.1 Å². The van der Waals surface area contributed by atoms with Crippen molar-refractivity contribution >= 4 is 33.7 Å². The van der Waals surface area contributed by atoms with Crippen LogP contribution in [0, 0.1) is 0 Å². The summed E-state index contributed by atoms with van der Waals surface area (Å²) < 4.78 is 0. The molecule has 0 bridgehead atoms. The van der Waals surface area contributed by atoms with Crippen molar-refractivity contribution in [3.63, 3.8) is 0 Å². The molecule has 3 aromatic heterocycles. The molecule has 0 fully saturated rings. The fourth-order valence-electron chi connectivity index (χ4n) is 2.41. The summed E-state index contributed by atoms with van der Waals surface area (Å²) in [7, 11) is 0. The molecule has 0 radical (unpaired) electrons. The number of aromatic nitrogens is 3. The van der Waals surface area contributed by atoms with Gasteiger partial charge in [0, 0.05) is 46.7 Å². The zero-order valence-corrected chi connectivity index (χ0v) is 15.2. The number of carboxylic acid groups (broad SMARTS) is 2. The molecule has 3 heterocycles. The molecule has 27 heavy (non-hydrogen) atoms. The van der Waals surface area contributed by atoms with Gasteiger partial charge < -0.3 is 19.8 Å². The number of benzene rings is 1. The van der Waals surface area contributed by atoms with E-state index in [1.54, 1.807) is 12.4 Å². The standard InChI is InChI=1S/C12H8N2.C7H5NO4.Pd/c1-3-9-5-6-10-4-2-8-14-12(10)11(9)13-7-1;9-6(10)4-1-2-8-3-5(4)7(11)12;/h1-8H;1-3H,(H,9,10)(H,11,12);/q;;+2/p-2. The molecule has 0 unspecified atom stereocenters. The third-order valence-electron chi connectivity index (χ3n) is 3.61. The van der Waals surface area contributed by atoms with Crippen LogP contribution in [0.3, 0.4) is 0 Å². The molecule has 0 amide bonds. The SMILES string of the molecule is O=C([O-])c1ccncc1C(=O)[O-].[Pd+2].c1cnc2c(c1)ccc1cccnc12. The Kier molecular flexibility index (Phi) is 6.66. The molecule has 0 aliphatic heterocycles. The van der Waals surface area contributed by atoms with E-state index in [-0.39, 0.29) is 20.4 Å². The predicted octanol–water partition coefficient (Wildman–Crippen LogP) is 0.589. The number of nitrogens with zero attached hydrogens (tertiary/aromatic N) is 3. The van der Waals surface area contributed by atoms with Gasteiger partial charge in [-0.1, -0.05) is 24.3 Å². The van der Waals surface area contributed by atoms with Crippen molar-refractivity contribution in [2.75, 3.05) is 0 Å². The van der Waals surface area contributed by atoms with Gasteiger partial charge in [-0.05, 0) is 18.2 Å². The van der Waals surface area contributed by atoms with Gasteiger partial charge in [0.25, 0.3) is 0 Å². The van der Waals surface area contributed by atoms with Crippen molar-refractivity contribution in [3.05, 3.63) is 78.4 Å². The summed E-state index contributed by atoms with van der Waals surface area (Å²) in [6.07, 6.45) is 5.67. The molecule has 4 rings (SSSR count). The Bertz CT molecular complexity index is 1030. The topological polar surface area (TPSA) is 119 Å². The number of carbonyl (C=O) groups excluding carboxylic acids is 2. The summed E-state index contributed by atoms with van der Waals surface area (Å²) in [6.45, 7) is 0. The molecule has 4 aromatic rings. The Balaban J connectivity index is 0.000000190. The number of rotatable bonds is 2. The Morgan fingerprint density at radius 1 is 0.704 bits per heavy atom. The minimum absolute atomic E-state index is 0. The second-order valence-electron chi connectivity index (χ2n) is 5.21. The van der Waals surface area contributed by atoms with Gasteiger partial charge in [-0.25, -0.2) is 0 Å². The molecule has 0 N–H and O–H groups in total. The summed E-state index contributed by atoms with van der Waals surface area (Å²) in [5.74, 6) is -3.14. The molecule has 8 heteroatoms. The number of fused-ring (bicyclic) bond motifs is 3. The Labute approximate surface area is 167 Å². The van der Waals surface area contributed by atoms with Crippen molar-refractivity contribution in [3.8, 4) is 0 Å². The summed E-state index contributed by atoms with van der Waals surface area (Å²) in [6, 6.07) is 13.2. The maximum Gasteiger partial charge on any atom is 2.00 e. The Morgan fingerprint density at radius 3 is 1.67 bits per heavy atom. The molecule has 0 aliphatic rings. The van der Waals surface area contributed by atoms with E-state index in [4.69, 9.17) is 0 Å². The first-order valence-electron chi connectivity index (χ1n) is 7.53. The summed E-state index contributed by atoms with van der Waals surface area (Å²) in [5.41, 5.74) is 1.05.